The van der Waals surface area contributed by atoms with Crippen LogP contribution in [0.15, 0.2) is 29.6 Å². The highest BCUT2D eigenvalue weighted by Crippen LogP contribution is 2.47. The van der Waals surface area contributed by atoms with Crippen LogP contribution in [0.5, 0.6) is 6.01 Å². The first kappa shape index (κ1) is 32.4. The molecule has 1 amide bonds. The first-order valence-corrected chi connectivity index (χ1v) is 18.9. The van der Waals surface area contributed by atoms with Crippen molar-refractivity contribution in [2.24, 2.45) is 0 Å². The summed E-state index contributed by atoms with van der Waals surface area (Å²) >= 11 is 0.916. The number of hydrogen-bond acceptors (Lipinski definition) is 12. The zero-order chi connectivity index (χ0) is 36.2. The summed E-state index contributed by atoms with van der Waals surface area (Å²) in [7, 11) is 0. The van der Waals surface area contributed by atoms with E-state index in [1.165, 1.54) is 34.0 Å². The van der Waals surface area contributed by atoms with Gasteiger partial charge in [0.1, 0.15) is 52.9 Å². The molecule has 1 unspecified atom stereocenters. The third-order valence-corrected chi connectivity index (χ3v) is 13.2. The van der Waals surface area contributed by atoms with E-state index in [1.807, 2.05) is 4.90 Å². The number of benzene rings is 1. The number of pyridine rings is 1. The van der Waals surface area contributed by atoms with Crippen LogP contribution in [0, 0.1) is 23.0 Å². The number of aromatic nitrogens is 6. The Balaban J connectivity index is 1.15. The normalized spacial score (nSPS) is 22.2. The van der Waals surface area contributed by atoms with Crippen LogP contribution in [0.25, 0.3) is 32.2 Å². The highest BCUT2D eigenvalue weighted by molar-refractivity contribution is 7.23. The average Bonchev–Trinajstić information content (AvgIpc) is 3.64. The van der Waals surface area contributed by atoms with Crippen LogP contribution >= 0.6 is 11.3 Å². The Hall–Kier alpha value is -5.21. The Morgan fingerprint density at radius 2 is 1.87 bits per heavy atom. The Morgan fingerprint density at radius 3 is 2.57 bits per heavy atom. The minimum Gasteiger partial charge on any atom is -0.461 e. The molecule has 5 aliphatic rings. The summed E-state index contributed by atoms with van der Waals surface area (Å²) in [4.78, 5) is 47.9. The fourth-order valence-electron chi connectivity index (χ4n) is 9.34. The molecule has 272 valence electrons. The molecule has 4 aliphatic heterocycles. The van der Waals surface area contributed by atoms with Crippen LogP contribution in [-0.2, 0) is 0 Å². The number of anilines is 2. The van der Waals surface area contributed by atoms with Crippen molar-refractivity contribution in [3.63, 3.8) is 0 Å². The minimum atomic E-state index is -0.788. The monoisotopic (exact) mass is 739 g/mol. The molecule has 4 saturated heterocycles. The largest absolute Gasteiger partial charge is 0.461 e. The maximum atomic E-state index is 17.6. The van der Waals surface area contributed by atoms with E-state index in [0.29, 0.717) is 45.5 Å². The van der Waals surface area contributed by atoms with E-state index in [-0.39, 0.29) is 72.3 Å². The van der Waals surface area contributed by atoms with Gasteiger partial charge in [-0.3, -0.25) is 9.69 Å². The van der Waals surface area contributed by atoms with E-state index in [9.17, 15) is 14.9 Å². The molecule has 1 aromatic carbocycles. The molecule has 8 heterocycles. The number of carbonyl (C=O) groups is 1. The number of amides is 1. The first-order valence-electron chi connectivity index (χ1n) is 18.1. The molecule has 1 saturated carbocycles. The quantitative estimate of drug-likeness (QED) is 0.258. The van der Waals surface area contributed by atoms with Crippen LogP contribution < -0.4 is 20.9 Å². The molecule has 2 N–H and O–H groups in total. The fraction of sp³-hybridized carbons (Fsp3) is 0.472. The summed E-state index contributed by atoms with van der Waals surface area (Å²) in [5.74, 6) is -1.13. The number of nitriles is 1. The zero-order valence-corrected chi connectivity index (χ0v) is 29.5. The van der Waals surface area contributed by atoms with E-state index < -0.39 is 22.7 Å². The number of halogens is 2. The number of hydrogen-bond donors (Lipinski definition) is 1. The number of nitrogens with zero attached hydrogens (tertiary/aromatic N) is 10. The molecular formula is C36H35F2N11O3S. The molecule has 1 atom stereocenters. The maximum Gasteiger partial charge on any atom is 0.346 e. The van der Waals surface area contributed by atoms with Gasteiger partial charge in [-0.15, -0.1) is 11.3 Å². The smallest absolute Gasteiger partial charge is 0.346 e. The second kappa shape index (κ2) is 11.6. The lowest BCUT2D eigenvalue weighted by atomic mass is 9.84. The molecule has 53 heavy (non-hydrogen) atoms. The van der Waals surface area contributed by atoms with Crippen LogP contribution in [0.2, 0.25) is 0 Å². The Morgan fingerprint density at radius 1 is 1.08 bits per heavy atom. The van der Waals surface area contributed by atoms with Gasteiger partial charge in [0.2, 0.25) is 0 Å². The summed E-state index contributed by atoms with van der Waals surface area (Å²) in [6, 6.07) is 4.04. The summed E-state index contributed by atoms with van der Waals surface area (Å²) in [6.07, 6.45) is 9.40. The van der Waals surface area contributed by atoms with Gasteiger partial charge in [0.15, 0.2) is 5.82 Å². The van der Waals surface area contributed by atoms with E-state index >= 15 is 8.78 Å². The van der Waals surface area contributed by atoms with Gasteiger partial charge in [0, 0.05) is 36.6 Å². The lowest BCUT2D eigenvalue weighted by Gasteiger charge is -2.50. The Bertz CT molecular complexity index is 2450. The minimum absolute atomic E-state index is 0.0150. The van der Waals surface area contributed by atoms with Crippen molar-refractivity contribution in [3.05, 3.63) is 52.3 Å². The number of nitrogens with two attached hydrogens (primary N) is 1. The number of carbonyl (C=O) groups excluding carboxylic acids is 1. The molecule has 0 bridgehead atoms. The zero-order valence-electron chi connectivity index (χ0n) is 28.7. The molecular weight excluding hydrogens is 705 g/mol. The van der Waals surface area contributed by atoms with Crippen molar-refractivity contribution >= 4 is 49.2 Å². The van der Waals surface area contributed by atoms with Crippen LogP contribution in [-0.4, -0.2) is 95.5 Å². The number of fused-ring (bicyclic) bond motifs is 3. The highest BCUT2D eigenvalue weighted by Gasteiger charge is 2.53. The third-order valence-electron chi connectivity index (χ3n) is 12.2. The van der Waals surface area contributed by atoms with Crippen LogP contribution in [0.3, 0.4) is 0 Å². The van der Waals surface area contributed by atoms with Crippen molar-refractivity contribution in [3.8, 4) is 23.3 Å². The van der Waals surface area contributed by atoms with Gasteiger partial charge in [-0.2, -0.15) is 25.0 Å². The number of thiophene rings is 1. The standard InChI is InChI=1S/C36H35F2N11O3S/c37-23-6-5-21(24-22(15-39)30(40)53-29(23)24)28-26(38)27-25(32(50)49(28)20-3-4-20)31(44-33(43-27)52-17-36-7-1-11-46(36)12-2-8-36)45-13-9-35(16-45)10-14-47(35)34(51)48-19-41-18-42-48/h5-6,18-20H,1-4,7-14,16-17,40H2. The highest BCUT2D eigenvalue weighted by atomic mass is 32.1. The van der Waals surface area contributed by atoms with Crippen molar-refractivity contribution in [2.75, 3.05) is 50.0 Å². The molecule has 17 heteroatoms. The van der Waals surface area contributed by atoms with Crippen LogP contribution in [0.4, 0.5) is 24.4 Å². The maximum absolute atomic E-state index is 17.6. The van der Waals surface area contributed by atoms with Crippen molar-refractivity contribution in [1.29, 1.82) is 5.26 Å². The molecule has 5 fully saturated rings. The summed E-state index contributed by atoms with van der Waals surface area (Å²) in [6.45, 7) is 3.68. The molecule has 0 radical (unpaired) electrons. The van der Waals surface area contributed by atoms with Gasteiger partial charge in [-0.05, 0) is 76.6 Å². The molecule has 5 aromatic rings. The molecule has 4 aromatic heterocycles. The lowest BCUT2D eigenvalue weighted by Crippen LogP contribution is -2.64. The average molecular weight is 740 g/mol. The van der Waals surface area contributed by atoms with E-state index in [2.05, 4.69) is 26.0 Å². The van der Waals surface area contributed by atoms with Crippen molar-refractivity contribution in [2.45, 2.75) is 68.5 Å². The molecule has 1 aliphatic carbocycles. The number of ether oxygens (including phenoxy) is 1. The second-order valence-electron chi connectivity index (χ2n) is 15.0. The van der Waals surface area contributed by atoms with E-state index in [4.69, 9.17) is 15.5 Å². The second-order valence-corrected chi connectivity index (χ2v) is 16.1. The molecule has 1 spiro atoms. The van der Waals surface area contributed by atoms with Crippen LogP contribution in [0.1, 0.15) is 63.0 Å². The van der Waals surface area contributed by atoms with Gasteiger partial charge < -0.3 is 24.8 Å². The number of nitrogen functional groups attached to an aromatic ring is 1. The topological polar surface area (TPSA) is 164 Å². The summed E-state index contributed by atoms with van der Waals surface area (Å²) in [5.41, 5.74) is 4.95. The molecule has 14 nitrogen and oxygen atoms in total. The molecule has 10 rings (SSSR count). The summed E-state index contributed by atoms with van der Waals surface area (Å²) < 4.78 is 41.9. The number of likely N-dealkylation sites (tertiary alicyclic amines) is 1. The first-order chi connectivity index (χ1) is 25.7. The SMILES string of the molecule is N#Cc1c(N)sc2c(F)ccc(-c3c(F)c4nc(OCC56CCCN5CCC6)nc(N5CCC6(CCN6C(=O)n6cncn6)C5)c4c(=O)n3C3CC3)c12. The lowest BCUT2D eigenvalue weighted by molar-refractivity contribution is 0.0400. The Labute approximate surface area is 305 Å². The summed E-state index contributed by atoms with van der Waals surface area (Å²) in [5, 5.41) is 14.4. The predicted molar refractivity (Wildman–Crippen MR) is 192 cm³/mol. The van der Waals surface area contributed by atoms with E-state index in [1.54, 1.807) is 4.90 Å². The predicted octanol–water partition coefficient (Wildman–Crippen LogP) is 4.66. The Kier molecular flexibility index (Phi) is 7.13. The fourth-order valence-corrected chi connectivity index (χ4v) is 10.3. The van der Waals surface area contributed by atoms with Crippen molar-refractivity contribution in [1.82, 2.24) is 39.1 Å². The van der Waals surface area contributed by atoms with Gasteiger partial charge in [0.25, 0.3) is 5.56 Å². The van der Waals surface area contributed by atoms with Gasteiger partial charge in [-0.25, -0.2) is 18.6 Å². The van der Waals surface area contributed by atoms with Crippen molar-refractivity contribution < 1.29 is 18.3 Å². The van der Waals surface area contributed by atoms with Gasteiger partial charge >= 0.3 is 12.0 Å². The number of rotatable bonds is 6. The van der Waals surface area contributed by atoms with Gasteiger partial charge in [0.05, 0.1) is 27.0 Å². The van der Waals surface area contributed by atoms with Gasteiger partial charge in [-0.1, -0.05) is 0 Å². The third kappa shape index (κ3) is 4.74. The van der Waals surface area contributed by atoms with E-state index in [0.717, 1.165) is 56.5 Å².